The second-order valence-corrected chi connectivity index (χ2v) is 9.89. The van der Waals surface area contributed by atoms with E-state index in [1.54, 1.807) is 30.3 Å². The zero-order chi connectivity index (χ0) is 20.6. The van der Waals surface area contributed by atoms with Crippen molar-refractivity contribution in [3.63, 3.8) is 0 Å². The summed E-state index contributed by atoms with van der Waals surface area (Å²) in [6, 6.07) is 13.8. The zero-order valence-corrected chi connectivity index (χ0v) is 18.3. The molecule has 1 fully saturated rings. The Morgan fingerprint density at radius 1 is 1.03 bits per heavy atom. The Kier molecular flexibility index (Phi) is 5.56. The van der Waals surface area contributed by atoms with Crippen molar-refractivity contribution < 1.29 is 8.42 Å². The first-order chi connectivity index (χ1) is 13.9. The van der Waals surface area contributed by atoms with Crippen molar-refractivity contribution >= 4 is 36.9 Å². The fraction of sp³-hybridized carbons (Fsp3) is 0.300. The van der Waals surface area contributed by atoms with Gasteiger partial charge in [0.1, 0.15) is 5.82 Å². The molecule has 1 N–H and O–H groups in total. The third kappa shape index (κ3) is 4.00. The van der Waals surface area contributed by atoms with Crippen LogP contribution in [0.3, 0.4) is 0 Å². The maximum atomic E-state index is 12.9. The summed E-state index contributed by atoms with van der Waals surface area (Å²) in [4.78, 5) is 22.3. The molecule has 9 heteroatoms. The van der Waals surface area contributed by atoms with Crippen LogP contribution in [0.25, 0.3) is 10.9 Å². The van der Waals surface area contributed by atoms with Gasteiger partial charge in [0.2, 0.25) is 10.0 Å². The summed E-state index contributed by atoms with van der Waals surface area (Å²) in [5.41, 5.74) is 0.503. The summed E-state index contributed by atoms with van der Waals surface area (Å²) in [6.07, 6.45) is 0. The minimum absolute atomic E-state index is 0.121. The molecule has 0 radical (unpaired) electrons. The molecular formula is C20H21BrN4O3S. The van der Waals surface area contributed by atoms with Crippen molar-refractivity contribution in [2.24, 2.45) is 0 Å². The minimum Gasteiger partial charge on any atom is -0.309 e. The molecule has 2 heterocycles. The molecule has 1 aromatic heterocycles. The molecule has 0 unspecified atom stereocenters. The topological polar surface area (TPSA) is 86.4 Å². The van der Waals surface area contributed by atoms with Crippen LogP contribution in [0.2, 0.25) is 0 Å². The van der Waals surface area contributed by atoms with Crippen molar-refractivity contribution in [1.29, 1.82) is 0 Å². The normalized spacial score (nSPS) is 17.4. The van der Waals surface area contributed by atoms with E-state index in [1.165, 1.54) is 4.31 Å². The van der Waals surface area contributed by atoms with Gasteiger partial charge in [0.05, 0.1) is 21.8 Å². The average Bonchev–Trinajstić information content (AvgIpc) is 2.73. The van der Waals surface area contributed by atoms with E-state index in [9.17, 15) is 13.2 Å². The molecule has 1 aliphatic heterocycles. The van der Waals surface area contributed by atoms with Gasteiger partial charge in [0.25, 0.3) is 5.56 Å². The van der Waals surface area contributed by atoms with Crippen molar-refractivity contribution in [2.75, 3.05) is 26.2 Å². The molecule has 0 amide bonds. The molecular weight excluding hydrogens is 456 g/mol. The van der Waals surface area contributed by atoms with Gasteiger partial charge < -0.3 is 4.98 Å². The molecule has 3 aromatic rings. The summed E-state index contributed by atoms with van der Waals surface area (Å²) in [5.74, 6) is 0.595. The fourth-order valence-corrected chi connectivity index (χ4v) is 5.25. The summed E-state index contributed by atoms with van der Waals surface area (Å²) in [5, 5.41) is 0.564. The number of piperazine rings is 1. The molecule has 0 saturated carbocycles. The number of halogens is 1. The van der Waals surface area contributed by atoms with Crippen molar-refractivity contribution in [3.8, 4) is 0 Å². The molecule has 4 rings (SSSR count). The van der Waals surface area contributed by atoms with Gasteiger partial charge in [-0.05, 0) is 43.3 Å². The highest BCUT2D eigenvalue weighted by atomic mass is 79.9. The van der Waals surface area contributed by atoms with E-state index in [2.05, 4.69) is 30.8 Å². The SMILES string of the molecule is C[C@@H](c1nc2ccccc2c(=O)[nH]1)N1CCN(S(=O)(=O)c2ccc(Br)cc2)CC1. The van der Waals surface area contributed by atoms with Gasteiger partial charge in [0, 0.05) is 30.7 Å². The number of nitrogens with one attached hydrogen (secondary N) is 1. The number of nitrogens with zero attached hydrogens (tertiary/aromatic N) is 3. The number of aromatic amines is 1. The van der Waals surface area contributed by atoms with Gasteiger partial charge in [-0.25, -0.2) is 13.4 Å². The fourth-order valence-electron chi connectivity index (χ4n) is 3.56. The average molecular weight is 477 g/mol. The number of para-hydroxylation sites is 1. The Hall–Kier alpha value is -2.07. The Morgan fingerprint density at radius 3 is 2.38 bits per heavy atom. The van der Waals surface area contributed by atoms with E-state index < -0.39 is 10.0 Å². The van der Waals surface area contributed by atoms with Gasteiger partial charge in [-0.2, -0.15) is 4.31 Å². The molecule has 1 atom stereocenters. The lowest BCUT2D eigenvalue weighted by Crippen LogP contribution is -2.49. The molecule has 0 spiro atoms. The number of aromatic nitrogens is 2. The predicted molar refractivity (Wildman–Crippen MR) is 115 cm³/mol. The number of hydrogen-bond donors (Lipinski definition) is 1. The van der Waals surface area contributed by atoms with E-state index in [4.69, 9.17) is 0 Å². The Morgan fingerprint density at radius 2 is 1.69 bits per heavy atom. The zero-order valence-electron chi connectivity index (χ0n) is 15.9. The highest BCUT2D eigenvalue weighted by Crippen LogP contribution is 2.23. The van der Waals surface area contributed by atoms with Crippen LogP contribution in [0, 0.1) is 0 Å². The second kappa shape index (κ2) is 7.98. The van der Waals surface area contributed by atoms with Crippen LogP contribution in [0.5, 0.6) is 0 Å². The standard InChI is InChI=1S/C20H21BrN4O3S/c1-14(19-22-18-5-3-2-4-17(18)20(26)23-19)24-10-12-25(13-11-24)29(27,28)16-8-6-15(21)7-9-16/h2-9,14H,10-13H2,1H3,(H,22,23,26)/t14-/m0/s1. The summed E-state index contributed by atoms with van der Waals surface area (Å²) in [7, 11) is -3.52. The van der Waals surface area contributed by atoms with E-state index >= 15 is 0 Å². The number of benzene rings is 2. The van der Waals surface area contributed by atoms with Gasteiger partial charge >= 0.3 is 0 Å². The first kappa shape index (κ1) is 20.2. The second-order valence-electron chi connectivity index (χ2n) is 7.04. The van der Waals surface area contributed by atoms with Crippen LogP contribution in [-0.4, -0.2) is 53.8 Å². The lowest BCUT2D eigenvalue weighted by molar-refractivity contribution is 0.141. The number of sulfonamides is 1. The maximum Gasteiger partial charge on any atom is 0.258 e. The van der Waals surface area contributed by atoms with Gasteiger partial charge in [-0.15, -0.1) is 0 Å². The molecule has 29 heavy (non-hydrogen) atoms. The maximum absolute atomic E-state index is 12.9. The molecule has 2 aromatic carbocycles. The monoisotopic (exact) mass is 476 g/mol. The predicted octanol–water partition coefficient (Wildman–Crippen LogP) is 2.75. The van der Waals surface area contributed by atoms with Crippen LogP contribution in [0.4, 0.5) is 0 Å². The number of fused-ring (bicyclic) bond motifs is 1. The van der Waals surface area contributed by atoms with Crippen LogP contribution in [0.1, 0.15) is 18.8 Å². The Balaban J connectivity index is 1.49. The molecule has 0 bridgehead atoms. The Bertz CT molecular complexity index is 1190. The third-order valence-electron chi connectivity index (χ3n) is 5.30. The van der Waals surface area contributed by atoms with Crippen molar-refractivity contribution in [2.45, 2.75) is 17.9 Å². The highest BCUT2D eigenvalue weighted by molar-refractivity contribution is 9.10. The summed E-state index contributed by atoms with van der Waals surface area (Å²) in [6.45, 7) is 3.88. The van der Waals surface area contributed by atoms with E-state index in [-0.39, 0.29) is 11.6 Å². The van der Waals surface area contributed by atoms with Crippen molar-refractivity contribution in [1.82, 2.24) is 19.2 Å². The van der Waals surface area contributed by atoms with Crippen LogP contribution < -0.4 is 5.56 Å². The first-order valence-electron chi connectivity index (χ1n) is 9.35. The Labute approximate surface area is 177 Å². The van der Waals surface area contributed by atoms with Crippen LogP contribution in [0.15, 0.2) is 62.7 Å². The molecule has 7 nitrogen and oxygen atoms in total. The molecule has 1 saturated heterocycles. The number of hydrogen-bond acceptors (Lipinski definition) is 5. The third-order valence-corrected chi connectivity index (χ3v) is 7.74. The lowest BCUT2D eigenvalue weighted by Gasteiger charge is -2.37. The lowest BCUT2D eigenvalue weighted by atomic mass is 10.2. The summed E-state index contributed by atoms with van der Waals surface area (Å²) < 4.78 is 28.1. The van der Waals surface area contributed by atoms with Crippen LogP contribution in [-0.2, 0) is 10.0 Å². The smallest absolute Gasteiger partial charge is 0.258 e. The van der Waals surface area contributed by atoms with E-state index in [0.29, 0.717) is 47.8 Å². The quantitative estimate of drug-likeness (QED) is 0.625. The molecule has 0 aliphatic carbocycles. The number of H-pyrrole nitrogens is 1. The first-order valence-corrected chi connectivity index (χ1v) is 11.6. The van der Waals surface area contributed by atoms with Gasteiger partial charge in [-0.1, -0.05) is 28.1 Å². The van der Waals surface area contributed by atoms with Gasteiger partial charge in [-0.3, -0.25) is 9.69 Å². The summed E-state index contributed by atoms with van der Waals surface area (Å²) >= 11 is 3.33. The van der Waals surface area contributed by atoms with E-state index in [0.717, 1.165) is 4.47 Å². The van der Waals surface area contributed by atoms with E-state index in [1.807, 2.05) is 25.1 Å². The van der Waals surface area contributed by atoms with Crippen LogP contribution >= 0.6 is 15.9 Å². The number of rotatable bonds is 4. The van der Waals surface area contributed by atoms with Gasteiger partial charge in [0.15, 0.2) is 0 Å². The molecule has 152 valence electrons. The molecule has 1 aliphatic rings. The highest BCUT2D eigenvalue weighted by Gasteiger charge is 2.31. The minimum atomic E-state index is -3.52. The largest absolute Gasteiger partial charge is 0.309 e. The van der Waals surface area contributed by atoms with Crippen molar-refractivity contribution in [3.05, 3.63) is 69.2 Å².